The monoisotopic (exact) mass is 437 g/mol. The molecule has 0 aliphatic rings. The van der Waals surface area contributed by atoms with E-state index in [-0.39, 0.29) is 5.91 Å². The molecule has 0 unspecified atom stereocenters. The van der Waals surface area contributed by atoms with Gasteiger partial charge >= 0.3 is 0 Å². The second kappa shape index (κ2) is 9.98. The number of benzene rings is 2. The summed E-state index contributed by atoms with van der Waals surface area (Å²) >= 11 is 6.15. The minimum atomic E-state index is -3.67. The fourth-order valence-electron chi connectivity index (χ4n) is 3.01. The number of aryl methyl sites for hydroxylation is 1. The maximum atomic E-state index is 12.6. The van der Waals surface area contributed by atoms with Gasteiger partial charge in [-0.25, -0.2) is 8.42 Å². The zero-order chi connectivity index (χ0) is 21.6. The molecule has 1 amide bonds. The molecule has 1 N–H and O–H groups in total. The number of nitrogens with one attached hydrogen (secondary N) is 1. The van der Waals surface area contributed by atoms with Gasteiger partial charge in [-0.1, -0.05) is 35.9 Å². The summed E-state index contributed by atoms with van der Waals surface area (Å²) in [7, 11) is -1.67. The lowest BCUT2D eigenvalue weighted by molar-refractivity contribution is -0.121. The van der Waals surface area contributed by atoms with E-state index in [1.807, 2.05) is 44.3 Å². The molecule has 1 atom stereocenters. The second-order valence-electron chi connectivity index (χ2n) is 7.07. The summed E-state index contributed by atoms with van der Waals surface area (Å²) in [6, 6.07) is 14.0. The number of sulfonamides is 1. The first-order valence-electron chi connectivity index (χ1n) is 9.40. The average Bonchev–Trinajstić information content (AvgIpc) is 2.67. The molecule has 0 radical (unpaired) electrons. The van der Waals surface area contributed by atoms with Crippen molar-refractivity contribution >= 4 is 38.9 Å². The molecular weight excluding hydrogens is 410 g/mol. The molecule has 158 valence electrons. The van der Waals surface area contributed by atoms with Crippen LogP contribution in [0.25, 0.3) is 0 Å². The first-order chi connectivity index (χ1) is 13.6. The Balaban J connectivity index is 1.98. The SMILES string of the molecule is Cc1ccc(N([C@@H](C)C(=O)NCCCN(C)c2ccccc2)S(C)(=O)=O)cc1Cl. The number of nitrogens with zero attached hydrogens (tertiary/aromatic N) is 2. The van der Waals surface area contributed by atoms with Crippen LogP contribution in [0, 0.1) is 6.92 Å². The third-order valence-corrected chi connectivity index (χ3v) is 6.31. The van der Waals surface area contributed by atoms with Crippen LogP contribution in [0.2, 0.25) is 5.02 Å². The standard InChI is InChI=1S/C21H28ClN3O3S/c1-16-11-12-19(15-20(16)22)25(29(4,27)28)17(2)21(26)23-13-8-14-24(3)18-9-6-5-7-10-18/h5-7,9-12,15,17H,8,13-14H2,1-4H3,(H,23,26)/t17-/m0/s1. The van der Waals surface area contributed by atoms with Crippen LogP contribution in [0.1, 0.15) is 18.9 Å². The average molecular weight is 438 g/mol. The summed E-state index contributed by atoms with van der Waals surface area (Å²) in [5.41, 5.74) is 2.31. The molecule has 0 saturated carbocycles. The van der Waals surface area contributed by atoms with Crippen LogP contribution in [0.4, 0.5) is 11.4 Å². The van der Waals surface area contributed by atoms with Crippen molar-refractivity contribution in [3.8, 4) is 0 Å². The highest BCUT2D eigenvalue weighted by Crippen LogP contribution is 2.26. The Morgan fingerprint density at radius 1 is 1.14 bits per heavy atom. The minimum absolute atomic E-state index is 0.352. The van der Waals surface area contributed by atoms with Gasteiger partial charge < -0.3 is 10.2 Å². The molecule has 0 aromatic heterocycles. The second-order valence-corrected chi connectivity index (χ2v) is 9.34. The van der Waals surface area contributed by atoms with E-state index in [1.165, 1.54) is 0 Å². The Bertz CT molecular complexity index is 935. The number of para-hydroxylation sites is 1. The number of carbonyl (C=O) groups is 1. The van der Waals surface area contributed by atoms with Crippen LogP contribution in [0.3, 0.4) is 0 Å². The predicted molar refractivity (Wildman–Crippen MR) is 120 cm³/mol. The molecule has 0 fully saturated rings. The summed E-state index contributed by atoms with van der Waals surface area (Å²) in [6.07, 6.45) is 1.82. The van der Waals surface area contributed by atoms with Crippen molar-refractivity contribution in [2.45, 2.75) is 26.3 Å². The number of hydrogen-bond acceptors (Lipinski definition) is 4. The van der Waals surface area contributed by atoms with E-state index in [2.05, 4.69) is 10.2 Å². The first kappa shape index (κ1) is 23.0. The highest BCUT2D eigenvalue weighted by atomic mass is 35.5. The third kappa shape index (κ3) is 6.37. The van der Waals surface area contributed by atoms with Gasteiger partial charge in [0.15, 0.2) is 0 Å². The van der Waals surface area contributed by atoms with Gasteiger partial charge in [-0.3, -0.25) is 9.10 Å². The third-order valence-electron chi connectivity index (χ3n) is 4.66. The van der Waals surface area contributed by atoms with Crippen molar-refractivity contribution in [1.82, 2.24) is 5.32 Å². The molecule has 0 spiro atoms. The van der Waals surface area contributed by atoms with E-state index in [0.717, 1.165) is 34.8 Å². The van der Waals surface area contributed by atoms with Crippen LogP contribution in [-0.4, -0.2) is 46.8 Å². The highest BCUT2D eigenvalue weighted by Gasteiger charge is 2.29. The van der Waals surface area contributed by atoms with Crippen molar-refractivity contribution in [1.29, 1.82) is 0 Å². The van der Waals surface area contributed by atoms with Crippen molar-refractivity contribution in [2.24, 2.45) is 0 Å². The van der Waals surface area contributed by atoms with Gasteiger partial charge in [-0.2, -0.15) is 0 Å². The van der Waals surface area contributed by atoms with E-state index in [9.17, 15) is 13.2 Å². The Labute approximate surface area is 178 Å². The molecule has 29 heavy (non-hydrogen) atoms. The molecule has 2 aromatic carbocycles. The lowest BCUT2D eigenvalue weighted by Gasteiger charge is -2.28. The lowest BCUT2D eigenvalue weighted by atomic mass is 10.2. The Kier molecular flexibility index (Phi) is 7.93. The van der Waals surface area contributed by atoms with Gasteiger partial charge in [0, 0.05) is 30.8 Å². The number of amides is 1. The molecule has 8 heteroatoms. The number of anilines is 2. The Morgan fingerprint density at radius 3 is 2.38 bits per heavy atom. The maximum absolute atomic E-state index is 12.6. The zero-order valence-electron chi connectivity index (χ0n) is 17.2. The molecule has 2 rings (SSSR count). The van der Waals surface area contributed by atoms with Crippen molar-refractivity contribution in [3.05, 3.63) is 59.1 Å². The van der Waals surface area contributed by atoms with Crippen molar-refractivity contribution in [2.75, 3.05) is 35.6 Å². The highest BCUT2D eigenvalue weighted by molar-refractivity contribution is 7.92. The normalized spacial score (nSPS) is 12.3. The van der Waals surface area contributed by atoms with Gasteiger partial charge in [-0.05, 0) is 50.1 Å². The van der Waals surface area contributed by atoms with Crippen LogP contribution < -0.4 is 14.5 Å². The minimum Gasteiger partial charge on any atom is -0.375 e. The smallest absolute Gasteiger partial charge is 0.243 e. The number of carbonyl (C=O) groups excluding carboxylic acids is 1. The van der Waals surface area contributed by atoms with Crippen molar-refractivity contribution in [3.63, 3.8) is 0 Å². The van der Waals surface area contributed by atoms with Crippen LogP contribution in [0.15, 0.2) is 48.5 Å². The summed E-state index contributed by atoms with van der Waals surface area (Å²) < 4.78 is 25.8. The molecule has 0 heterocycles. The molecule has 2 aromatic rings. The largest absolute Gasteiger partial charge is 0.375 e. The predicted octanol–water partition coefficient (Wildman–Crippen LogP) is 3.45. The molecule has 6 nitrogen and oxygen atoms in total. The summed E-state index contributed by atoms with van der Waals surface area (Å²) in [5, 5.41) is 3.28. The lowest BCUT2D eigenvalue weighted by Crippen LogP contribution is -2.48. The van der Waals surface area contributed by atoms with Crippen LogP contribution in [0.5, 0.6) is 0 Å². The number of rotatable bonds is 9. The van der Waals surface area contributed by atoms with E-state index in [0.29, 0.717) is 17.3 Å². The molecule has 0 aliphatic heterocycles. The molecular formula is C21H28ClN3O3S. The van der Waals surface area contributed by atoms with E-state index in [1.54, 1.807) is 25.1 Å². The fraction of sp³-hybridized carbons (Fsp3) is 0.381. The van der Waals surface area contributed by atoms with Gasteiger partial charge in [0.25, 0.3) is 0 Å². The number of hydrogen-bond donors (Lipinski definition) is 1. The quantitative estimate of drug-likeness (QED) is 0.610. The topological polar surface area (TPSA) is 69.7 Å². The summed E-state index contributed by atoms with van der Waals surface area (Å²) in [5.74, 6) is -0.352. The van der Waals surface area contributed by atoms with E-state index >= 15 is 0 Å². The first-order valence-corrected chi connectivity index (χ1v) is 11.6. The van der Waals surface area contributed by atoms with Gasteiger partial charge in [0.2, 0.25) is 15.9 Å². The fourth-order valence-corrected chi connectivity index (χ4v) is 4.36. The molecule has 0 saturated heterocycles. The van der Waals surface area contributed by atoms with Gasteiger partial charge in [0.1, 0.15) is 6.04 Å². The van der Waals surface area contributed by atoms with Gasteiger partial charge in [-0.15, -0.1) is 0 Å². The summed E-state index contributed by atoms with van der Waals surface area (Å²) in [4.78, 5) is 14.7. The van der Waals surface area contributed by atoms with E-state index < -0.39 is 16.1 Å². The zero-order valence-corrected chi connectivity index (χ0v) is 18.8. The summed E-state index contributed by atoms with van der Waals surface area (Å²) in [6.45, 7) is 4.62. The van der Waals surface area contributed by atoms with Gasteiger partial charge in [0.05, 0.1) is 11.9 Å². The van der Waals surface area contributed by atoms with Crippen LogP contribution >= 0.6 is 11.6 Å². The Morgan fingerprint density at radius 2 is 1.79 bits per heavy atom. The maximum Gasteiger partial charge on any atom is 0.243 e. The molecule has 0 aliphatic carbocycles. The van der Waals surface area contributed by atoms with Crippen molar-refractivity contribution < 1.29 is 13.2 Å². The number of halogens is 1. The van der Waals surface area contributed by atoms with Crippen LogP contribution in [-0.2, 0) is 14.8 Å². The molecule has 0 bridgehead atoms. The Hall–Kier alpha value is -2.25. The van der Waals surface area contributed by atoms with E-state index in [4.69, 9.17) is 11.6 Å².